The van der Waals surface area contributed by atoms with Crippen molar-refractivity contribution in [3.05, 3.63) is 53.9 Å². The molecule has 2 rings (SSSR count). The molecule has 1 aromatic heterocycles. The summed E-state index contributed by atoms with van der Waals surface area (Å²) in [6.45, 7) is 6.96. The van der Waals surface area contributed by atoms with Crippen molar-refractivity contribution in [1.82, 2.24) is 20.4 Å². The van der Waals surface area contributed by atoms with E-state index < -0.39 is 5.60 Å². The zero-order valence-electron chi connectivity index (χ0n) is 17.2. The van der Waals surface area contributed by atoms with Crippen molar-refractivity contribution in [1.29, 1.82) is 0 Å². The highest BCUT2D eigenvalue weighted by Crippen LogP contribution is 2.19. The van der Waals surface area contributed by atoms with Gasteiger partial charge in [0.15, 0.2) is 5.96 Å². The Kier molecular flexibility index (Phi) is 8.97. The van der Waals surface area contributed by atoms with Crippen LogP contribution >= 0.6 is 0 Å². The van der Waals surface area contributed by atoms with Crippen molar-refractivity contribution >= 4 is 5.96 Å². The number of guanidine groups is 1. The molecule has 7 heteroatoms. The van der Waals surface area contributed by atoms with Crippen LogP contribution in [0.4, 0.5) is 0 Å². The van der Waals surface area contributed by atoms with Gasteiger partial charge in [-0.05, 0) is 32.3 Å². The minimum atomic E-state index is -1.06. The molecular weight excluding hydrogens is 354 g/mol. The van der Waals surface area contributed by atoms with E-state index in [2.05, 4.69) is 32.9 Å². The molecule has 0 aliphatic heterocycles. The van der Waals surface area contributed by atoms with Crippen LogP contribution in [0.1, 0.15) is 31.4 Å². The Balaban J connectivity index is 1.68. The number of nitrogens with zero attached hydrogens (tertiary/aromatic N) is 3. The van der Waals surface area contributed by atoms with Crippen LogP contribution in [0, 0.1) is 0 Å². The van der Waals surface area contributed by atoms with Crippen LogP contribution in [-0.4, -0.2) is 53.7 Å². The number of aliphatic imine (C=N–C) groups is 1. The highest BCUT2D eigenvalue weighted by molar-refractivity contribution is 5.79. The number of hydrogen-bond donors (Lipinski definition) is 3. The summed E-state index contributed by atoms with van der Waals surface area (Å²) in [5, 5.41) is 21.2. The Labute approximate surface area is 167 Å². The Morgan fingerprint density at radius 2 is 2.04 bits per heavy atom. The van der Waals surface area contributed by atoms with E-state index in [9.17, 15) is 5.11 Å². The van der Waals surface area contributed by atoms with Gasteiger partial charge in [-0.2, -0.15) is 5.10 Å². The third-order valence-electron chi connectivity index (χ3n) is 4.35. The van der Waals surface area contributed by atoms with E-state index in [1.807, 2.05) is 38.4 Å². The second-order valence-corrected chi connectivity index (χ2v) is 7.00. The number of benzene rings is 1. The van der Waals surface area contributed by atoms with Crippen LogP contribution in [0.3, 0.4) is 0 Å². The molecule has 0 radical (unpaired) electrons. The summed E-state index contributed by atoms with van der Waals surface area (Å²) in [7, 11) is 1.83. The average molecular weight is 388 g/mol. The van der Waals surface area contributed by atoms with E-state index in [0.717, 1.165) is 38.1 Å². The maximum absolute atomic E-state index is 10.6. The molecule has 2 aromatic rings. The quantitative estimate of drug-likeness (QED) is 0.311. The van der Waals surface area contributed by atoms with E-state index in [-0.39, 0.29) is 6.54 Å². The first kappa shape index (κ1) is 21.9. The van der Waals surface area contributed by atoms with Gasteiger partial charge in [0, 0.05) is 38.5 Å². The summed E-state index contributed by atoms with van der Waals surface area (Å²) < 4.78 is 7.38. The van der Waals surface area contributed by atoms with Crippen LogP contribution < -0.4 is 10.6 Å². The predicted octanol–water partition coefficient (Wildman–Crippen LogP) is 1.83. The van der Waals surface area contributed by atoms with Gasteiger partial charge in [0.05, 0.1) is 19.3 Å². The maximum atomic E-state index is 10.6. The number of aromatic nitrogens is 2. The normalized spacial score (nSPS) is 13.9. The molecular formula is C21H33N5O2. The number of hydrogen-bond acceptors (Lipinski definition) is 4. The first-order valence-electron chi connectivity index (χ1n) is 9.86. The lowest BCUT2D eigenvalue weighted by Crippen LogP contribution is -2.39. The van der Waals surface area contributed by atoms with E-state index in [4.69, 9.17) is 4.74 Å². The molecule has 28 heavy (non-hydrogen) atoms. The number of aliphatic hydroxyl groups is 1. The van der Waals surface area contributed by atoms with Crippen molar-refractivity contribution in [2.24, 2.45) is 12.0 Å². The van der Waals surface area contributed by atoms with E-state index in [1.165, 1.54) is 5.56 Å². The molecule has 154 valence electrons. The number of rotatable bonds is 11. The highest BCUT2D eigenvalue weighted by atomic mass is 16.5. The minimum Gasteiger partial charge on any atom is -0.383 e. The fourth-order valence-electron chi connectivity index (χ4n) is 2.68. The Morgan fingerprint density at radius 1 is 1.25 bits per heavy atom. The van der Waals surface area contributed by atoms with Crippen molar-refractivity contribution in [2.45, 2.75) is 32.3 Å². The molecule has 0 aliphatic carbocycles. The largest absolute Gasteiger partial charge is 0.383 e. The van der Waals surface area contributed by atoms with Gasteiger partial charge in [-0.25, -0.2) is 4.99 Å². The zero-order chi connectivity index (χ0) is 20.2. The van der Waals surface area contributed by atoms with Gasteiger partial charge in [0.2, 0.25) is 0 Å². The Bertz CT molecular complexity index is 713. The molecule has 0 fully saturated rings. The molecule has 3 N–H and O–H groups in total. The summed E-state index contributed by atoms with van der Waals surface area (Å²) in [5.41, 5.74) is 0.987. The summed E-state index contributed by atoms with van der Waals surface area (Å²) in [4.78, 5) is 4.51. The third-order valence-corrected chi connectivity index (χ3v) is 4.35. The van der Waals surface area contributed by atoms with Gasteiger partial charge in [-0.15, -0.1) is 0 Å². The molecule has 7 nitrogen and oxygen atoms in total. The minimum absolute atomic E-state index is 0.252. The van der Waals surface area contributed by atoms with Crippen LogP contribution in [0.5, 0.6) is 0 Å². The summed E-state index contributed by atoms with van der Waals surface area (Å²) in [6.07, 6.45) is 5.30. The van der Waals surface area contributed by atoms with Crippen LogP contribution in [-0.2, 0) is 23.8 Å². The van der Waals surface area contributed by atoms with Crippen molar-refractivity contribution in [2.75, 3.05) is 32.8 Å². The molecule has 0 saturated carbocycles. The summed E-state index contributed by atoms with van der Waals surface area (Å²) >= 11 is 0. The summed E-state index contributed by atoms with van der Waals surface area (Å²) in [6, 6.07) is 10.4. The fourth-order valence-corrected chi connectivity index (χ4v) is 2.68. The zero-order valence-corrected chi connectivity index (χ0v) is 17.2. The predicted molar refractivity (Wildman–Crippen MR) is 112 cm³/mol. The van der Waals surface area contributed by atoms with E-state index in [0.29, 0.717) is 12.6 Å². The van der Waals surface area contributed by atoms with Crippen molar-refractivity contribution in [3.8, 4) is 0 Å². The van der Waals surface area contributed by atoms with Gasteiger partial charge in [0.1, 0.15) is 5.60 Å². The second kappa shape index (κ2) is 11.5. The van der Waals surface area contributed by atoms with Crippen molar-refractivity contribution in [3.63, 3.8) is 0 Å². The molecule has 1 heterocycles. The number of ether oxygens (including phenoxy) is 1. The monoisotopic (exact) mass is 387 g/mol. The highest BCUT2D eigenvalue weighted by Gasteiger charge is 2.24. The Morgan fingerprint density at radius 3 is 2.71 bits per heavy atom. The molecule has 0 bridgehead atoms. The molecule has 0 aliphatic rings. The first-order valence-corrected chi connectivity index (χ1v) is 9.86. The van der Waals surface area contributed by atoms with Gasteiger partial charge >= 0.3 is 0 Å². The second-order valence-electron chi connectivity index (χ2n) is 7.00. The molecule has 1 atom stereocenters. The van der Waals surface area contributed by atoms with E-state index >= 15 is 0 Å². The van der Waals surface area contributed by atoms with Gasteiger partial charge in [-0.3, -0.25) is 4.68 Å². The van der Waals surface area contributed by atoms with Gasteiger partial charge in [0.25, 0.3) is 0 Å². The lowest BCUT2D eigenvalue weighted by atomic mass is 10.0. The Hall–Kier alpha value is -2.38. The van der Waals surface area contributed by atoms with Crippen LogP contribution in [0.2, 0.25) is 0 Å². The van der Waals surface area contributed by atoms with Gasteiger partial charge in [-0.1, -0.05) is 30.3 Å². The third kappa shape index (κ3) is 7.70. The molecule has 0 amide bonds. The molecule has 0 saturated heterocycles. The lowest BCUT2D eigenvalue weighted by Gasteiger charge is -2.20. The summed E-state index contributed by atoms with van der Waals surface area (Å²) in [5.74, 6) is 0.691. The van der Waals surface area contributed by atoms with Crippen LogP contribution in [0.25, 0.3) is 0 Å². The number of aryl methyl sites for hydroxylation is 1. The average Bonchev–Trinajstić information content (AvgIpc) is 3.13. The lowest BCUT2D eigenvalue weighted by molar-refractivity contribution is 0.0671. The van der Waals surface area contributed by atoms with Crippen molar-refractivity contribution < 1.29 is 9.84 Å². The topological polar surface area (TPSA) is 83.7 Å². The maximum Gasteiger partial charge on any atom is 0.191 e. The standard InChI is InChI=1S/C21H33N5O2/c1-4-22-20(24-17-21(2,27)19-15-25-26(3)16-19)23-12-8-13-28-14-11-18-9-6-5-7-10-18/h5-7,9-10,15-16,27H,4,8,11-14,17H2,1-3H3,(H2,22,23,24). The van der Waals surface area contributed by atoms with Gasteiger partial charge < -0.3 is 20.5 Å². The first-order chi connectivity index (χ1) is 13.5. The smallest absolute Gasteiger partial charge is 0.191 e. The molecule has 0 spiro atoms. The fraction of sp³-hybridized carbons (Fsp3) is 0.524. The van der Waals surface area contributed by atoms with E-state index in [1.54, 1.807) is 17.8 Å². The SMILES string of the molecule is CCNC(=NCC(C)(O)c1cnn(C)c1)NCCCOCCc1ccccc1. The number of nitrogens with one attached hydrogen (secondary N) is 2. The molecule has 1 unspecified atom stereocenters. The van der Waals surface area contributed by atoms with Crippen LogP contribution in [0.15, 0.2) is 47.7 Å². The molecule has 1 aromatic carbocycles.